The van der Waals surface area contributed by atoms with Gasteiger partial charge in [0.2, 0.25) is 0 Å². The molecule has 3 aromatic carbocycles. The predicted molar refractivity (Wildman–Crippen MR) is 177 cm³/mol. The number of nitrogens with one attached hydrogen (secondary N) is 1. The van der Waals surface area contributed by atoms with Gasteiger partial charge in [0.05, 0.1) is 38.9 Å². The van der Waals surface area contributed by atoms with E-state index in [0.717, 1.165) is 5.56 Å². The van der Waals surface area contributed by atoms with Crippen molar-refractivity contribution in [2.75, 3.05) is 14.2 Å². The molecule has 0 fully saturated rings. The number of ether oxygens (including phenoxy) is 2. The van der Waals surface area contributed by atoms with Crippen LogP contribution < -0.4 is 10.1 Å². The van der Waals surface area contributed by atoms with Crippen molar-refractivity contribution in [3.8, 4) is 28.0 Å². The number of rotatable bonds is 13. The van der Waals surface area contributed by atoms with E-state index < -0.39 is 41.8 Å². The monoisotopic (exact) mass is 646 g/mol. The number of esters is 1. The van der Waals surface area contributed by atoms with E-state index in [0.29, 0.717) is 33.7 Å². The van der Waals surface area contributed by atoms with E-state index in [1.807, 2.05) is 49.6 Å². The third kappa shape index (κ3) is 8.52. The summed E-state index contributed by atoms with van der Waals surface area (Å²) in [6.45, 7) is 5.67. The van der Waals surface area contributed by atoms with Gasteiger partial charge in [-0.05, 0) is 79.9 Å². The molecule has 47 heavy (non-hydrogen) atoms. The minimum absolute atomic E-state index is 0.141. The minimum Gasteiger partial charge on any atom is -0.497 e. The largest absolute Gasteiger partial charge is 0.497 e. The molecule has 1 unspecified atom stereocenters. The number of methoxy groups -OCH3 is 2. The van der Waals surface area contributed by atoms with Crippen LogP contribution in [0.3, 0.4) is 0 Å². The maximum Gasteiger partial charge on any atom is 0.308 e. The second-order valence-electron chi connectivity index (χ2n) is 11.5. The van der Waals surface area contributed by atoms with Crippen LogP contribution in [0.15, 0.2) is 78.9 Å². The van der Waals surface area contributed by atoms with Gasteiger partial charge in [-0.25, -0.2) is 8.78 Å². The fourth-order valence-electron chi connectivity index (χ4n) is 5.50. The number of nitrogens with zero attached hydrogens (tertiary/aromatic N) is 1. The van der Waals surface area contributed by atoms with Crippen molar-refractivity contribution < 1.29 is 38.1 Å². The number of benzene rings is 3. The highest BCUT2D eigenvalue weighted by molar-refractivity contribution is 6.06. The Balaban J connectivity index is 1.91. The Morgan fingerprint density at radius 1 is 0.851 bits per heavy atom. The number of hydrogen-bond donors (Lipinski definition) is 3. The van der Waals surface area contributed by atoms with Crippen molar-refractivity contribution in [1.29, 1.82) is 0 Å². The average Bonchev–Trinajstić information content (AvgIpc) is 3.39. The van der Waals surface area contributed by atoms with Crippen LogP contribution in [0.4, 0.5) is 8.78 Å². The summed E-state index contributed by atoms with van der Waals surface area (Å²) in [6, 6.07) is 18.2. The highest BCUT2D eigenvalue weighted by Crippen LogP contribution is 2.43. The zero-order valence-electron chi connectivity index (χ0n) is 27.0. The van der Waals surface area contributed by atoms with Gasteiger partial charge in [-0.3, -0.25) is 9.59 Å². The Hall–Kier alpha value is -4.80. The summed E-state index contributed by atoms with van der Waals surface area (Å²) in [5, 5.41) is 24.2. The normalized spacial score (nSPS) is 13.4. The molecule has 4 rings (SSSR count). The molecule has 0 aliphatic heterocycles. The van der Waals surface area contributed by atoms with Crippen molar-refractivity contribution >= 4 is 18.0 Å². The first-order chi connectivity index (χ1) is 22.4. The van der Waals surface area contributed by atoms with Crippen LogP contribution in [0, 0.1) is 11.6 Å². The fourth-order valence-corrected chi connectivity index (χ4v) is 5.50. The summed E-state index contributed by atoms with van der Waals surface area (Å²) in [7, 11) is 2.79. The van der Waals surface area contributed by atoms with Gasteiger partial charge in [-0.1, -0.05) is 42.5 Å². The minimum atomic E-state index is -1.16. The lowest BCUT2D eigenvalue weighted by Crippen LogP contribution is -2.29. The average molecular weight is 647 g/mol. The Labute approximate surface area is 273 Å². The number of hydrogen-bond acceptors (Lipinski definition) is 6. The van der Waals surface area contributed by atoms with Gasteiger partial charge in [0.25, 0.3) is 5.91 Å². The molecule has 0 aliphatic carbocycles. The molecule has 8 nitrogen and oxygen atoms in total. The molecule has 0 radical (unpaired) electrons. The molecule has 1 heterocycles. The number of aliphatic hydroxyl groups is 2. The number of amides is 1. The summed E-state index contributed by atoms with van der Waals surface area (Å²) >= 11 is 0. The molecule has 3 atom stereocenters. The van der Waals surface area contributed by atoms with Crippen molar-refractivity contribution in [2.45, 2.75) is 57.9 Å². The Morgan fingerprint density at radius 3 is 1.91 bits per heavy atom. The quantitative estimate of drug-likeness (QED) is 0.137. The topological polar surface area (TPSA) is 110 Å². The van der Waals surface area contributed by atoms with Gasteiger partial charge in [0.1, 0.15) is 23.1 Å². The second-order valence-corrected chi connectivity index (χ2v) is 11.5. The Bertz CT molecular complexity index is 1700. The van der Waals surface area contributed by atoms with E-state index in [1.54, 1.807) is 37.5 Å². The first-order valence-corrected chi connectivity index (χ1v) is 15.3. The van der Waals surface area contributed by atoms with Crippen LogP contribution in [0.1, 0.15) is 67.4 Å². The van der Waals surface area contributed by atoms with Crippen LogP contribution in [-0.2, 0) is 9.53 Å². The third-order valence-electron chi connectivity index (χ3n) is 7.82. The van der Waals surface area contributed by atoms with Gasteiger partial charge < -0.3 is 29.6 Å². The fraction of sp³-hybridized carbons (Fsp3) is 0.297. The number of aromatic nitrogens is 1. The van der Waals surface area contributed by atoms with Crippen molar-refractivity contribution in [3.05, 3.63) is 107 Å². The first kappa shape index (κ1) is 35.1. The van der Waals surface area contributed by atoms with Crippen LogP contribution in [0.5, 0.6) is 5.75 Å². The third-order valence-corrected chi connectivity index (χ3v) is 7.82. The molecule has 0 aliphatic rings. The highest BCUT2D eigenvalue weighted by atomic mass is 19.1. The number of carbonyl (C=O) groups excluding carboxylic acids is 2. The zero-order chi connectivity index (χ0) is 34.2. The molecule has 1 amide bonds. The molecule has 0 saturated heterocycles. The lowest BCUT2D eigenvalue weighted by Gasteiger charge is -2.20. The van der Waals surface area contributed by atoms with Crippen LogP contribution in [0.25, 0.3) is 28.3 Å². The molecular formula is C37H40F2N2O6. The molecular weight excluding hydrogens is 606 g/mol. The maximum absolute atomic E-state index is 14.4. The molecule has 10 heteroatoms. The number of carbonyl (C=O) groups is 2. The molecule has 0 saturated carbocycles. The van der Waals surface area contributed by atoms with E-state index >= 15 is 0 Å². The lowest BCUT2D eigenvalue weighted by atomic mass is 9.94. The summed E-state index contributed by atoms with van der Waals surface area (Å²) in [5.41, 5.74) is 3.84. The van der Waals surface area contributed by atoms with Gasteiger partial charge in [-0.2, -0.15) is 0 Å². The van der Waals surface area contributed by atoms with Crippen LogP contribution in [0.2, 0.25) is 0 Å². The number of halogens is 2. The second kappa shape index (κ2) is 15.7. The molecule has 3 N–H and O–H groups in total. The van der Waals surface area contributed by atoms with E-state index in [4.69, 9.17) is 4.74 Å². The maximum atomic E-state index is 14.4. The van der Waals surface area contributed by atoms with Gasteiger partial charge in [-0.15, -0.1) is 0 Å². The summed E-state index contributed by atoms with van der Waals surface area (Å²) in [5.74, 6) is -1.23. The van der Waals surface area contributed by atoms with Crippen molar-refractivity contribution in [3.63, 3.8) is 0 Å². The zero-order valence-corrected chi connectivity index (χ0v) is 27.0. The van der Waals surface area contributed by atoms with Crippen molar-refractivity contribution in [2.24, 2.45) is 0 Å². The number of aliphatic hydroxyl groups excluding tert-OH is 2. The van der Waals surface area contributed by atoms with Gasteiger partial charge in [0, 0.05) is 29.3 Å². The molecule has 0 bridgehead atoms. The summed E-state index contributed by atoms with van der Waals surface area (Å²) in [4.78, 5) is 26.0. The Kier molecular flexibility index (Phi) is 11.7. The molecule has 248 valence electrons. The van der Waals surface area contributed by atoms with E-state index in [1.165, 1.54) is 37.5 Å². The summed E-state index contributed by atoms with van der Waals surface area (Å²) in [6.07, 6.45) is 0.384. The van der Waals surface area contributed by atoms with Crippen LogP contribution in [-0.4, -0.2) is 53.1 Å². The standard InChI is InChI=1S/C37H40F2N2O6/c1-22(2)41-32(19-16-29(42)20-30(43)21-33(44)47-5)34(25-6-12-27(38)13-7-25)35(26-8-14-28(39)15-9-26)36(41)37(45)40-23(3)24-10-17-31(46-4)18-11-24/h6-19,22-23,29-30,42-43H,20-21H2,1-5H3,(H,40,45)/t23?,29-,30+/m1/s1. The highest BCUT2D eigenvalue weighted by Gasteiger charge is 2.30. The smallest absolute Gasteiger partial charge is 0.308 e. The summed E-state index contributed by atoms with van der Waals surface area (Å²) < 4.78 is 40.0. The lowest BCUT2D eigenvalue weighted by molar-refractivity contribution is -0.143. The first-order valence-electron chi connectivity index (χ1n) is 15.3. The van der Waals surface area contributed by atoms with Crippen molar-refractivity contribution in [1.82, 2.24) is 9.88 Å². The van der Waals surface area contributed by atoms with E-state index in [9.17, 15) is 28.6 Å². The molecule has 0 spiro atoms. The van der Waals surface area contributed by atoms with Crippen LogP contribution >= 0.6 is 0 Å². The SMILES string of the molecule is COC(=O)C[C@@H](O)C[C@H](O)C=Cc1c(-c2ccc(F)cc2)c(-c2ccc(F)cc2)c(C(=O)NC(C)c2ccc(OC)cc2)n1C(C)C. The van der Waals surface area contributed by atoms with E-state index in [2.05, 4.69) is 10.1 Å². The van der Waals surface area contributed by atoms with E-state index in [-0.39, 0.29) is 24.6 Å². The van der Waals surface area contributed by atoms with Gasteiger partial charge >= 0.3 is 5.97 Å². The molecule has 1 aromatic heterocycles. The van der Waals surface area contributed by atoms with Gasteiger partial charge in [0.15, 0.2) is 0 Å². The predicted octanol–water partition coefficient (Wildman–Crippen LogP) is 6.87. The molecule has 4 aromatic rings. The Morgan fingerprint density at radius 2 is 1.40 bits per heavy atom.